The Morgan fingerprint density at radius 3 is 2.81 bits per heavy atom. The third-order valence-electron chi connectivity index (χ3n) is 4.50. The van der Waals surface area contributed by atoms with Crippen molar-refractivity contribution in [3.05, 3.63) is 73.6 Å². The summed E-state index contributed by atoms with van der Waals surface area (Å²) in [4.78, 5) is 39.4. The number of rotatable bonds is 5. The summed E-state index contributed by atoms with van der Waals surface area (Å²) in [6, 6.07) is 8.86. The molecule has 4 aromatic rings. The van der Waals surface area contributed by atoms with E-state index in [-0.39, 0.29) is 11.1 Å². The van der Waals surface area contributed by atoms with Crippen LogP contribution in [0.25, 0.3) is 15.9 Å². The van der Waals surface area contributed by atoms with Crippen LogP contribution < -0.4 is 11.1 Å². The number of aromatic amines is 1. The first kappa shape index (κ1) is 17.6. The molecule has 3 heterocycles. The van der Waals surface area contributed by atoms with Crippen LogP contribution in [-0.2, 0) is 13.1 Å². The van der Waals surface area contributed by atoms with Crippen LogP contribution in [0.15, 0.2) is 45.3 Å². The SMILES string of the molecule is CCN(Cc1cc(=O)n2c(C)csc2n1)Cc1nc2ccccc2c(=O)[nH]1. The molecule has 0 atom stereocenters. The zero-order chi connectivity index (χ0) is 19.0. The van der Waals surface area contributed by atoms with Gasteiger partial charge in [0.05, 0.1) is 23.1 Å². The van der Waals surface area contributed by atoms with Gasteiger partial charge in [0, 0.05) is 23.7 Å². The van der Waals surface area contributed by atoms with E-state index in [4.69, 9.17) is 0 Å². The number of H-pyrrole nitrogens is 1. The van der Waals surface area contributed by atoms with Crippen molar-refractivity contribution in [1.29, 1.82) is 0 Å². The number of fused-ring (bicyclic) bond motifs is 2. The van der Waals surface area contributed by atoms with E-state index in [0.29, 0.717) is 40.5 Å². The van der Waals surface area contributed by atoms with E-state index < -0.39 is 0 Å². The highest BCUT2D eigenvalue weighted by atomic mass is 32.1. The summed E-state index contributed by atoms with van der Waals surface area (Å²) in [5.74, 6) is 0.602. The molecular weight excluding hydrogens is 362 g/mol. The number of hydrogen-bond donors (Lipinski definition) is 1. The maximum absolute atomic E-state index is 12.4. The zero-order valence-corrected chi connectivity index (χ0v) is 15.9. The molecule has 1 N–H and O–H groups in total. The fraction of sp³-hybridized carbons (Fsp3) is 0.263. The van der Waals surface area contributed by atoms with E-state index in [1.54, 1.807) is 16.5 Å². The smallest absolute Gasteiger partial charge is 0.259 e. The van der Waals surface area contributed by atoms with Gasteiger partial charge >= 0.3 is 0 Å². The van der Waals surface area contributed by atoms with Crippen molar-refractivity contribution in [2.45, 2.75) is 26.9 Å². The minimum atomic E-state index is -0.140. The third kappa shape index (κ3) is 3.41. The van der Waals surface area contributed by atoms with Gasteiger partial charge in [0.15, 0.2) is 4.96 Å². The summed E-state index contributed by atoms with van der Waals surface area (Å²) < 4.78 is 1.62. The van der Waals surface area contributed by atoms with Crippen molar-refractivity contribution in [2.75, 3.05) is 6.54 Å². The molecule has 0 aliphatic rings. The topological polar surface area (TPSA) is 83.4 Å². The largest absolute Gasteiger partial charge is 0.309 e. The Morgan fingerprint density at radius 1 is 1.19 bits per heavy atom. The Kier molecular flexibility index (Phi) is 4.59. The average Bonchev–Trinajstić information content (AvgIpc) is 3.02. The van der Waals surface area contributed by atoms with Crippen LogP contribution >= 0.6 is 11.3 Å². The van der Waals surface area contributed by atoms with Gasteiger partial charge < -0.3 is 4.98 Å². The van der Waals surface area contributed by atoms with Crippen LogP contribution in [0.2, 0.25) is 0 Å². The van der Waals surface area contributed by atoms with E-state index in [2.05, 4.69) is 19.9 Å². The number of nitrogens with one attached hydrogen (secondary N) is 1. The summed E-state index contributed by atoms with van der Waals surface area (Å²) in [5, 5.41) is 2.51. The first-order valence-corrected chi connectivity index (χ1v) is 9.60. The van der Waals surface area contributed by atoms with Gasteiger partial charge in [-0.2, -0.15) is 0 Å². The Balaban J connectivity index is 1.62. The predicted molar refractivity (Wildman–Crippen MR) is 106 cm³/mol. The molecular formula is C19H19N5O2S. The monoisotopic (exact) mass is 381 g/mol. The van der Waals surface area contributed by atoms with Gasteiger partial charge in [-0.25, -0.2) is 9.97 Å². The van der Waals surface area contributed by atoms with Crippen molar-refractivity contribution in [3.8, 4) is 0 Å². The lowest BCUT2D eigenvalue weighted by Crippen LogP contribution is -2.27. The van der Waals surface area contributed by atoms with E-state index in [1.165, 1.54) is 11.3 Å². The van der Waals surface area contributed by atoms with Gasteiger partial charge in [-0.05, 0) is 25.6 Å². The van der Waals surface area contributed by atoms with Crippen LogP contribution in [0.5, 0.6) is 0 Å². The minimum absolute atomic E-state index is 0.0676. The molecule has 0 saturated carbocycles. The normalized spacial score (nSPS) is 11.7. The second-order valence-corrected chi connectivity index (χ2v) is 7.25. The summed E-state index contributed by atoms with van der Waals surface area (Å²) in [6.07, 6.45) is 0. The lowest BCUT2D eigenvalue weighted by molar-refractivity contribution is 0.261. The molecule has 0 radical (unpaired) electrons. The van der Waals surface area contributed by atoms with Crippen molar-refractivity contribution >= 4 is 27.2 Å². The molecule has 0 aliphatic heterocycles. The Bertz CT molecular complexity index is 1240. The molecule has 0 saturated heterocycles. The molecule has 0 unspecified atom stereocenters. The number of hydrogen-bond acceptors (Lipinski definition) is 6. The second kappa shape index (κ2) is 7.05. The third-order valence-corrected chi connectivity index (χ3v) is 5.44. The standard InChI is InChI=1S/C19H19N5O2S/c1-3-23(9-13-8-17(25)24-12(2)11-27-19(24)20-13)10-16-21-15-7-5-4-6-14(15)18(26)22-16/h4-8,11H,3,9-10H2,1-2H3,(H,21,22,26). The summed E-state index contributed by atoms with van der Waals surface area (Å²) >= 11 is 1.46. The highest BCUT2D eigenvalue weighted by molar-refractivity contribution is 7.15. The molecule has 27 heavy (non-hydrogen) atoms. The molecule has 0 aliphatic carbocycles. The second-order valence-electron chi connectivity index (χ2n) is 6.41. The molecule has 0 fully saturated rings. The van der Waals surface area contributed by atoms with E-state index in [0.717, 1.165) is 12.2 Å². The molecule has 0 spiro atoms. The summed E-state index contributed by atoms with van der Waals surface area (Å²) in [5.41, 5.74) is 2.08. The van der Waals surface area contributed by atoms with Crippen molar-refractivity contribution < 1.29 is 0 Å². The highest BCUT2D eigenvalue weighted by Crippen LogP contribution is 2.13. The lowest BCUT2D eigenvalue weighted by atomic mass is 10.2. The average molecular weight is 381 g/mol. The first-order valence-electron chi connectivity index (χ1n) is 8.72. The van der Waals surface area contributed by atoms with Crippen LogP contribution in [0, 0.1) is 6.92 Å². The molecule has 0 bridgehead atoms. The van der Waals surface area contributed by atoms with E-state index in [1.807, 2.05) is 37.4 Å². The first-order chi connectivity index (χ1) is 13.0. The van der Waals surface area contributed by atoms with Crippen molar-refractivity contribution in [3.63, 3.8) is 0 Å². The van der Waals surface area contributed by atoms with Gasteiger partial charge in [0.1, 0.15) is 5.82 Å². The minimum Gasteiger partial charge on any atom is -0.309 e. The molecule has 4 rings (SSSR count). The highest BCUT2D eigenvalue weighted by Gasteiger charge is 2.12. The molecule has 8 heteroatoms. The molecule has 1 aromatic carbocycles. The van der Waals surface area contributed by atoms with E-state index >= 15 is 0 Å². The fourth-order valence-electron chi connectivity index (χ4n) is 3.11. The number of aryl methyl sites for hydroxylation is 1. The van der Waals surface area contributed by atoms with Crippen LogP contribution in [0.3, 0.4) is 0 Å². The van der Waals surface area contributed by atoms with Crippen molar-refractivity contribution in [1.82, 2.24) is 24.3 Å². The number of thiazole rings is 1. The quantitative estimate of drug-likeness (QED) is 0.574. The van der Waals surface area contributed by atoms with Crippen molar-refractivity contribution in [2.24, 2.45) is 0 Å². The van der Waals surface area contributed by atoms with Crippen LogP contribution in [0.4, 0.5) is 0 Å². The van der Waals surface area contributed by atoms with Gasteiger partial charge in [0.25, 0.3) is 11.1 Å². The summed E-state index contributed by atoms with van der Waals surface area (Å²) in [6.45, 7) is 5.64. The van der Waals surface area contributed by atoms with Crippen LogP contribution in [-0.4, -0.2) is 30.8 Å². The maximum Gasteiger partial charge on any atom is 0.259 e. The maximum atomic E-state index is 12.4. The number of para-hydroxylation sites is 1. The molecule has 3 aromatic heterocycles. The van der Waals surface area contributed by atoms with Gasteiger partial charge in [-0.15, -0.1) is 11.3 Å². The molecule has 7 nitrogen and oxygen atoms in total. The Morgan fingerprint density at radius 2 is 2.00 bits per heavy atom. The Hall–Kier alpha value is -2.84. The van der Waals surface area contributed by atoms with Gasteiger partial charge in [-0.1, -0.05) is 19.1 Å². The fourth-order valence-corrected chi connectivity index (χ4v) is 4.00. The summed E-state index contributed by atoms with van der Waals surface area (Å²) in [7, 11) is 0. The van der Waals surface area contributed by atoms with Gasteiger partial charge in [0.2, 0.25) is 0 Å². The predicted octanol–water partition coefficient (Wildman–Crippen LogP) is 2.32. The molecule has 138 valence electrons. The van der Waals surface area contributed by atoms with E-state index in [9.17, 15) is 9.59 Å². The van der Waals surface area contributed by atoms with Gasteiger partial charge in [-0.3, -0.25) is 18.9 Å². The Labute approximate surface area is 159 Å². The number of nitrogens with zero attached hydrogens (tertiary/aromatic N) is 4. The zero-order valence-electron chi connectivity index (χ0n) is 15.1. The molecule has 0 amide bonds. The number of benzene rings is 1. The number of aromatic nitrogens is 4. The lowest BCUT2D eigenvalue weighted by Gasteiger charge is -2.19. The van der Waals surface area contributed by atoms with Crippen LogP contribution in [0.1, 0.15) is 24.1 Å².